The first kappa shape index (κ1) is 27.8. The molecule has 2 N–H and O–H groups in total. The predicted octanol–water partition coefficient (Wildman–Crippen LogP) is 7.40. The Balaban J connectivity index is 1.67. The SMILES string of the molecule is Cc1cccc(NC(=O)N(CCNC(=O)CC(C)CC(C)(C)C)c2ccc(Oc3ccccc3)cc2)c1. The van der Waals surface area contributed by atoms with Crippen molar-refractivity contribution in [2.75, 3.05) is 23.3 Å². The van der Waals surface area contributed by atoms with Gasteiger partial charge in [0.25, 0.3) is 0 Å². The topological polar surface area (TPSA) is 70.7 Å². The van der Waals surface area contributed by atoms with Crippen molar-refractivity contribution in [1.29, 1.82) is 0 Å². The maximum absolute atomic E-state index is 13.3. The second kappa shape index (κ2) is 12.9. The smallest absolute Gasteiger partial charge is 0.326 e. The van der Waals surface area contributed by atoms with Crippen LogP contribution in [0.25, 0.3) is 0 Å². The van der Waals surface area contributed by atoms with Gasteiger partial charge in [-0.3, -0.25) is 9.69 Å². The fourth-order valence-corrected chi connectivity index (χ4v) is 4.39. The van der Waals surface area contributed by atoms with Crippen LogP contribution in [0.15, 0.2) is 78.9 Å². The molecule has 0 aliphatic rings. The highest BCUT2D eigenvalue weighted by molar-refractivity contribution is 6.01. The first-order valence-electron chi connectivity index (χ1n) is 12.8. The van der Waals surface area contributed by atoms with E-state index in [1.54, 1.807) is 4.90 Å². The molecular weight excluding hydrogens is 462 g/mol. The van der Waals surface area contributed by atoms with E-state index < -0.39 is 0 Å². The summed E-state index contributed by atoms with van der Waals surface area (Å²) in [6.45, 7) is 11.3. The lowest BCUT2D eigenvalue weighted by Gasteiger charge is -2.25. The second-order valence-corrected chi connectivity index (χ2v) is 10.8. The van der Waals surface area contributed by atoms with Gasteiger partial charge < -0.3 is 15.4 Å². The fraction of sp³-hybridized carbons (Fsp3) is 0.355. The van der Waals surface area contributed by atoms with E-state index in [1.165, 1.54) is 0 Å². The summed E-state index contributed by atoms with van der Waals surface area (Å²) in [5.41, 5.74) is 2.67. The summed E-state index contributed by atoms with van der Waals surface area (Å²) >= 11 is 0. The van der Waals surface area contributed by atoms with E-state index in [4.69, 9.17) is 4.74 Å². The van der Waals surface area contributed by atoms with Gasteiger partial charge in [-0.2, -0.15) is 0 Å². The minimum Gasteiger partial charge on any atom is -0.457 e. The maximum atomic E-state index is 13.3. The number of para-hydroxylation sites is 1. The van der Waals surface area contributed by atoms with Gasteiger partial charge in [0.2, 0.25) is 5.91 Å². The number of hydrogen-bond donors (Lipinski definition) is 2. The molecule has 0 spiro atoms. The van der Waals surface area contributed by atoms with Crippen molar-refractivity contribution in [3.63, 3.8) is 0 Å². The third-order valence-corrected chi connectivity index (χ3v) is 5.79. The van der Waals surface area contributed by atoms with Crippen molar-refractivity contribution in [1.82, 2.24) is 5.32 Å². The molecule has 0 saturated heterocycles. The monoisotopic (exact) mass is 501 g/mol. The molecule has 3 rings (SSSR count). The highest BCUT2D eigenvalue weighted by Gasteiger charge is 2.19. The lowest BCUT2D eigenvalue weighted by Crippen LogP contribution is -2.41. The van der Waals surface area contributed by atoms with Gasteiger partial charge in [-0.25, -0.2) is 4.79 Å². The standard InChI is InChI=1S/C31H39N3O3/c1-23-10-9-11-25(20-23)33-30(36)34(19-18-32-29(35)21-24(2)22-31(3,4)5)26-14-16-28(17-15-26)37-27-12-7-6-8-13-27/h6-17,20,24H,18-19,21-22H2,1-5H3,(H,32,35)(H,33,36). The molecular formula is C31H39N3O3. The number of rotatable bonds is 10. The van der Waals surface area contributed by atoms with E-state index in [1.807, 2.05) is 85.8 Å². The van der Waals surface area contributed by atoms with Crippen LogP contribution in [0.2, 0.25) is 0 Å². The van der Waals surface area contributed by atoms with Gasteiger partial charge in [-0.05, 0) is 78.8 Å². The van der Waals surface area contributed by atoms with Gasteiger partial charge in [-0.15, -0.1) is 0 Å². The molecule has 1 atom stereocenters. The Morgan fingerprint density at radius 2 is 1.59 bits per heavy atom. The summed E-state index contributed by atoms with van der Waals surface area (Å²) in [6, 6.07) is 24.3. The Hall–Kier alpha value is -3.80. The van der Waals surface area contributed by atoms with Crippen molar-refractivity contribution in [2.45, 2.75) is 47.5 Å². The van der Waals surface area contributed by atoms with Crippen LogP contribution in [0, 0.1) is 18.3 Å². The second-order valence-electron chi connectivity index (χ2n) is 10.8. The maximum Gasteiger partial charge on any atom is 0.326 e. The molecule has 6 nitrogen and oxygen atoms in total. The van der Waals surface area contributed by atoms with Gasteiger partial charge in [0.1, 0.15) is 11.5 Å². The van der Waals surface area contributed by atoms with Crippen molar-refractivity contribution in [3.05, 3.63) is 84.4 Å². The predicted molar refractivity (Wildman–Crippen MR) is 151 cm³/mol. The number of hydrogen-bond acceptors (Lipinski definition) is 3. The van der Waals surface area contributed by atoms with Crippen LogP contribution < -0.4 is 20.3 Å². The largest absolute Gasteiger partial charge is 0.457 e. The number of ether oxygens (including phenoxy) is 1. The number of nitrogens with one attached hydrogen (secondary N) is 2. The molecule has 3 amide bonds. The number of aryl methyl sites for hydroxylation is 1. The number of carbonyl (C=O) groups is 2. The van der Waals surface area contributed by atoms with Crippen LogP contribution in [-0.2, 0) is 4.79 Å². The van der Waals surface area contributed by atoms with Gasteiger partial charge in [0.15, 0.2) is 0 Å². The van der Waals surface area contributed by atoms with Gasteiger partial charge >= 0.3 is 6.03 Å². The molecule has 0 aliphatic carbocycles. The molecule has 0 radical (unpaired) electrons. The van der Waals surface area contributed by atoms with Crippen LogP contribution in [0.3, 0.4) is 0 Å². The van der Waals surface area contributed by atoms with E-state index in [0.29, 0.717) is 30.9 Å². The minimum atomic E-state index is -0.266. The Morgan fingerprint density at radius 1 is 0.919 bits per heavy atom. The summed E-state index contributed by atoms with van der Waals surface area (Å²) in [5, 5.41) is 5.96. The Labute approximate surface area is 221 Å². The van der Waals surface area contributed by atoms with Gasteiger partial charge in [0, 0.05) is 30.9 Å². The Morgan fingerprint density at radius 3 is 2.24 bits per heavy atom. The minimum absolute atomic E-state index is 0.00222. The molecule has 196 valence electrons. The molecule has 3 aromatic carbocycles. The first-order chi connectivity index (χ1) is 17.6. The summed E-state index contributed by atoms with van der Waals surface area (Å²) < 4.78 is 5.89. The molecule has 0 aromatic heterocycles. The normalized spacial score (nSPS) is 11.9. The molecule has 0 saturated carbocycles. The zero-order chi connectivity index (χ0) is 26.8. The number of urea groups is 1. The molecule has 0 heterocycles. The zero-order valence-corrected chi connectivity index (χ0v) is 22.6. The molecule has 3 aromatic rings. The number of nitrogens with zero attached hydrogens (tertiary/aromatic N) is 1. The third kappa shape index (κ3) is 9.64. The molecule has 1 unspecified atom stereocenters. The van der Waals surface area contributed by atoms with E-state index in [-0.39, 0.29) is 23.3 Å². The summed E-state index contributed by atoms with van der Waals surface area (Å²) in [6.07, 6.45) is 1.45. The molecule has 0 fully saturated rings. The van der Waals surface area contributed by atoms with Crippen LogP contribution >= 0.6 is 0 Å². The molecule has 6 heteroatoms. The average molecular weight is 502 g/mol. The van der Waals surface area contributed by atoms with Crippen LogP contribution in [-0.4, -0.2) is 25.0 Å². The third-order valence-electron chi connectivity index (χ3n) is 5.79. The molecule has 37 heavy (non-hydrogen) atoms. The van der Waals surface area contributed by atoms with E-state index >= 15 is 0 Å². The number of anilines is 2. The Bertz CT molecular complexity index is 1150. The van der Waals surface area contributed by atoms with Crippen LogP contribution in [0.5, 0.6) is 11.5 Å². The van der Waals surface area contributed by atoms with Crippen LogP contribution in [0.1, 0.15) is 46.1 Å². The van der Waals surface area contributed by atoms with E-state index in [0.717, 1.165) is 23.4 Å². The van der Waals surface area contributed by atoms with Crippen LogP contribution in [0.4, 0.5) is 16.2 Å². The zero-order valence-electron chi connectivity index (χ0n) is 22.6. The number of carbonyl (C=O) groups excluding carboxylic acids is 2. The van der Waals surface area contributed by atoms with E-state index in [9.17, 15) is 9.59 Å². The number of benzene rings is 3. The summed E-state index contributed by atoms with van der Waals surface area (Å²) in [4.78, 5) is 27.4. The van der Waals surface area contributed by atoms with Gasteiger partial charge in [-0.1, -0.05) is 58.0 Å². The first-order valence-corrected chi connectivity index (χ1v) is 12.8. The quantitative estimate of drug-likeness (QED) is 0.304. The van der Waals surface area contributed by atoms with Crippen molar-refractivity contribution in [3.8, 4) is 11.5 Å². The molecule has 0 aliphatic heterocycles. The highest BCUT2D eigenvalue weighted by atomic mass is 16.5. The summed E-state index contributed by atoms with van der Waals surface area (Å²) in [5.74, 6) is 1.71. The highest BCUT2D eigenvalue weighted by Crippen LogP contribution is 2.26. The average Bonchev–Trinajstić information content (AvgIpc) is 2.82. The lowest BCUT2D eigenvalue weighted by atomic mass is 9.84. The van der Waals surface area contributed by atoms with Crippen molar-refractivity contribution >= 4 is 23.3 Å². The van der Waals surface area contributed by atoms with Gasteiger partial charge in [0.05, 0.1) is 0 Å². The van der Waals surface area contributed by atoms with Crippen molar-refractivity contribution in [2.24, 2.45) is 11.3 Å². The van der Waals surface area contributed by atoms with Crippen molar-refractivity contribution < 1.29 is 14.3 Å². The number of amides is 3. The lowest BCUT2D eigenvalue weighted by molar-refractivity contribution is -0.122. The molecule has 0 bridgehead atoms. The van der Waals surface area contributed by atoms with E-state index in [2.05, 4.69) is 38.3 Å². The summed E-state index contributed by atoms with van der Waals surface area (Å²) in [7, 11) is 0. The Kier molecular flexibility index (Phi) is 9.72. The fourth-order valence-electron chi connectivity index (χ4n) is 4.39.